The van der Waals surface area contributed by atoms with Crippen molar-refractivity contribution in [3.05, 3.63) is 34.6 Å². The Hall–Kier alpha value is -2.35. The van der Waals surface area contributed by atoms with E-state index in [2.05, 4.69) is 35.8 Å². The second-order valence-electron chi connectivity index (χ2n) is 4.31. The van der Waals surface area contributed by atoms with E-state index in [1.165, 1.54) is 14.2 Å². The largest absolute Gasteiger partial charge is 0.466 e. The molecule has 0 aliphatic carbocycles. The van der Waals surface area contributed by atoms with E-state index in [1.807, 2.05) is 12.1 Å². The minimum atomic E-state index is -0.677. The first-order valence-corrected chi connectivity index (χ1v) is 7.03. The molecule has 8 heteroatoms. The third kappa shape index (κ3) is 3.11. The van der Waals surface area contributed by atoms with E-state index in [1.54, 1.807) is 17.8 Å². The third-order valence-electron chi connectivity index (χ3n) is 2.96. The summed E-state index contributed by atoms with van der Waals surface area (Å²) in [6.45, 7) is 0. The topological polar surface area (TPSA) is 82.5 Å². The molecule has 1 aromatic carbocycles. The number of carbonyl (C=O) groups is 2. The Kier molecular flexibility index (Phi) is 4.81. The number of ether oxygens (including phenoxy) is 2. The molecule has 0 spiro atoms. The first kappa shape index (κ1) is 16.0. The molecule has 0 aliphatic rings. The highest BCUT2D eigenvalue weighted by Gasteiger charge is 2.16. The number of benzene rings is 1. The van der Waals surface area contributed by atoms with Crippen LogP contribution in [0, 0.1) is 0 Å². The van der Waals surface area contributed by atoms with Gasteiger partial charge in [-0.1, -0.05) is 6.07 Å². The molecular weight excluding hydrogens is 354 g/mol. The molecule has 0 atom stereocenters. The van der Waals surface area contributed by atoms with Crippen molar-refractivity contribution in [2.24, 2.45) is 7.05 Å². The molecule has 0 unspecified atom stereocenters. The fourth-order valence-corrected chi connectivity index (χ4v) is 2.53. The summed E-state index contributed by atoms with van der Waals surface area (Å²) in [5.74, 6) is -1.34. The summed E-state index contributed by atoms with van der Waals surface area (Å²) in [4.78, 5) is 23.2. The molecule has 0 bridgehead atoms. The number of methoxy groups -OCH3 is 2. The smallest absolute Gasteiger partial charge is 0.354 e. The number of nitrogens with zero attached hydrogens (tertiary/aromatic N) is 2. The Labute approximate surface area is 135 Å². The van der Waals surface area contributed by atoms with Crippen LogP contribution in [0.15, 0.2) is 34.6 Å². The lowest BCUT2D eigenvalue weighted by Gasteiger charge is -2.10. The molecule has 22 heavy (non-hydrogen) atoms. The summed E-state index contributed by atoms with van der Waals surface area (Å²) in [5.41, 5.74) is 1.35. The van der Waals surface area contributed by atoms with Crippen LogP contribution >= 0.6 is 15.9 Å². The van der Waals surface area contributed by atoms with Crippen molar-refractivity contribution in [3.63, 3.8) is 0 Å². The summed E-state index contributed by atoms with van der Waals surface area (Å²) in [5, 5.41) is 8.03. The number of para-hydroxylation sites is 1. The van der Waals surface area contributed by atoms with Gasteiger partial charge in [-0.2, -0.15) is 5.10 Å². The van der Waals surface area contributed by atoms with Gasteiger partial charge in [0.25, 0.3) is 0 Å². The lowest BCUT2D eigenvalue weighted by atomic mass is 10.2. The molecule has 1 N–H and O–H groups in total. The minimum absolute atomic E-state index is 0.0285. The van der Waals surface area contributed by atoms with Crippen molar-refractivity contribution in [3.8, 4) is 0 Å². The molecule has 0 amide bonds. The molecule has 1 aromatic heterocycles. The number of aryl methyl sites for hydroxylation is 1. The highest BCUT2D eigenvalue weighted by molar-refractivity contribution is 9.10. The number of aromatic nitrogens is 2. The first-order chi connectivity index (χ1) is 10.5. The predicted molar refractivity (Wildman–Crippen MR) is 84.2 cm³/mol. The SMILES string of the molecule is COC(=O)/C=C(/Nc1cccc2c(Br)nn(C)c12)C(=O)OC. The van der Waals surface area contributed by atoms with Gasteiger partial charge in [-0.3, -0.25) is 4.68 Å². The van der Waals surface area contributed by atoms with Gasteiger partial charge in [-0.05, 0) is 28.1 Å². The van der Waals surface area contributed by atoms with Crippen LogP contribution in [0.5, 0.6) is 0 Å². The monoisotopic (exact) mass is 367 g/mol. The fourth-order valence-electron chi connectivity index (χ4n) is 1.97. The normalized spacial score (nSPS) is 11.4. The van der Waals surface area contributed by atoms with Gasteiger partial charge in [-0.15, -0.1) is 0 Å². The zero-order valence-electron chi connectivity index (χ0n) is 12.2. The van der Waals surface area contributed by atoms with Crippen LogP contribution in [0.2, 0.25) is 0 Å². The number of halogens is 1. The maximum Gasteiger partial charge on any atom is 0.354 e. The molecule has 0 saturated carbocycles. The van der Waals surface area contributed by atoms with Crippen molar-refractivity contribution in [2.45, 2.75) is 0 Å². The molecule has 2 rings (SSSR count). The number of rotatable bonds is 4. The summed E-state index contributed by atoms with van der Waals surface area (Å²) < 4.78 is 11.6. The van der Waals surface area contributed by atoms with E-state index in [0.717, 1.165) is 17.0 Å². The number of hydrogen-bond acceptors (Lipinski definition) is 6. The fraction of sp³-hybridized carbons (Fsp3) is 0.214. The highest BCUT2D eigenvalue weighted by atomic mass is 79.9. The summed E-state index contributed by atoms with van der Waals surface area (Å²) >= 11 is 3.37. The highest BCUT2D eigenvalue weighted by Crippen LogP contribution is 2.29. The van der Waals surface area contributed by atoms with Gasteiger partial charge in [0.05, 0.1) is 31.5 Å². The summed E-state index contributed by atoms with van der Waals surface area (Å²) in [6, 6.07) is 5.47. The second kappa shape index (κ2) is 6.61. The van der Waals surface area contributed by atoms with Crippen molar-refractivity contribution in [1.29, 1.82) is 0 Å². The molecule has 1 heterocycles. The summed E-state index contributed by atoms with van der Waals surface area (Å²) in [7, 11) is 4.24. The van der Waals surface area contributed by atoms with Crippen LogP contribution < -0.4 is 5.32 Å². The van der Waals surface area contributed by atoms with E-state index < -0.39 is 11.9 Å². The summed E-state index contributed by atoms with van der Waals surface area (Å²) in [6.07, 6.45) is 1.04. The van der Waals surface area contributed by atoms with Crippen molar-refractivity contribution < 1.29 is 19.1 Å². The zero-order chi connectivity index (χ0) is 16.3. The van der Waals surface area contributed by atoms with Crippen molar-refractivity contribution >= 4 is 44.5 Å². The van der Waals surface area contributed by atoms with E-state index in [0.29, 0.717) is 10.3 Å². The van der Waals surface area contributed by atoms with Crippen LogP contribution in [-0.2, 0) is 26.1 Å². The quantitative estimate of drug-likeness (QED) is 0.657. The van der Waals surface area contributed by atoms with Crippen LogP contribution in [0.25, 0.3) is 10.9 Å². The van der Waals surface area contributed by atoms with Gasteiger partial charge in [0.15, 0.2) is 0 Å². The first-order valence-electron chi connectivity index (χ1n) is 6.24. The van der Waals surface area contributed by atoms with Gasteiger partial charge < -0.3 is 14.8 Å². The number of fused-ring (bicyclic) bond motifs is 1. The van der Waals surface area contributed by atoms with E-state index >= 15 is 0 Å². The molecule has 0 saturated heterocycles. The van der Waals surface area contributed by atoms with Crippen molar-refractivity contribution in [2.75, 3.05) is 19.5 Å². The number of carbonyl (C=O) groups excluding carboxylic acids is 2. The van der Waals surface area contributed by atoms with Gasteiger partial charge in [0.1, 0.15) is 10.3 Å². The van der Waals surface area contributed by atoms with Gasteiger partial charge in [-0.25, -0.2) is 9.59 Å². The average molecular weight is 368 g/mol. The third-order valence-corrected chi connectivity index (χ3v) is 3.54. The molecule has 0 aliphatic heterocycles. The van der Waals surface area contributed by atoms with E-state index in [-0.39, 0.29) is 5.70 Å². The lowest BCUT2D eigenvalue weighted by molar-refractivity contribution is -0.138. The Morgan fingerprint density at radius 2 is 2.05 bits per heavy atom. The molecule has 7 nitrogen and oxygen atoms in total. The average Bonchev–Trinajstić information content (AvgIpc) is 2.81. The maximum absolute atomic E-state index is 11.8. The van der Waals surface area contributed by atoms with Crippen molar-refractivity contribution in [1.82, 2.24) is 9.78 Å². The molecule has 116 valence electrons. The number of hydrogen-bond donors (Lipinski definition) is 1. The van der Waals surface area contributed by atoms with Gasteiger partial charge >= 0.3 is 11.9 Å². The number of anilines is 1. The maximum atomic E-state index is 11.8. The van der Waals surface area contributed by atoms with Gasteiger partial charge in [0, 0.05) is 12.4 Å². The Morgan fingerprint density at radius 3 is 2.68 bits per heavy atom. The molecule has 0 fully saturated rings. The van der Waals surface area contributed by atoms with Crippen LogP contribution in [0.3, 0.4) is 0 Å². The van der Waals surface area contributed by atoms with Crippen LogP contribution in [-0.4, -0.2) is 35.9 Å². The second-order valence-corrected chi connectivity index (χ2v) is 5.07. The van der Waals surface area contributed by atoms with E-state index in [9.17, 15) is 9.59 Å². The van der Waals surface area contributed by atoms with Crippen LogP contribution in [0.4, 0.5) is 5.69 Å². The number of nitrogens with one attached hydrogen (secondary N) is 1. The van der Waals surface area contributed by atoms with Gasteiger partial charge in [0.2, 0.25) is 0 Å². The predicted octanol–water partition coefficient (Wildman–Crippen LogP) is 1.98. The Morgan fingerprint density at radius 1 is 1.32 bits per heavy atom. The molecule has 0 radical (unpaired) electrons. The Bertz CT molecular complexity index is 767. The lowest BCUT2D eigenvalue weighted by Crippen LogP contribution is -2.16. The van der Waals surface area contributed by atoms with Crippen LogP contribution in [0.1, 0.15) is 0 Å². The molecule has 2 aromatic rings. The minimum Gasteiger partial charge on any atom is -0.466 e. The number of esters is 2. The van der Waals surface area contributed by atoms with E-state index in [4.69, 9.17) is 0 Å². The Balaban J connectivity index is 2.49. The standard InChI is InChI=1S/C14H14BrN3O4/c1-18-12-8(13(15)17-18)5-4-6-9(12)16-10(14(20)22-3)7-11(19)21-2/h4-7,16H,1-3H3/b10-7+. The zero-order valence-corrected chi connectivity index (χ0v) is 13.8. The molecular formula is C14H14BrN3O4.